The van der Waals surface area contributed by atoms with Gasteiger partial charge in [0.15, 0.2) is 5.82 Å². The third-order valence-corrected chi connectivity index (χ3v) is 4.62. The fourth-order valence-electron chi connectivity index (χ4n) is 3.46. The first-order chi connectivity index (χ1) is 11.8. The maximum atomic E-state index is 5.50. The number of para-hydroxylation sites is 1. The van der Waals surface area contributed by atoms with Crippen LogP contribution in [0, 0.1) is 6.92 Å². The standard InChI is InChI=1S/C19H22N4O.ClH/c1-13-20-16-12-15(14-8-4-5-9-17(14)24-2)22-18(16)19(21-13)23-10-6-3-7-11-23;/h4-5,8-9,12,22H,3,6-7,10-11H2,1-2H3;1H. The Balaban J connectivity index is 0.00000182. The van der Waals surface area contributed by atoms with Gasteiger partial charge in [0.05, 0.1) is 18.3 Å². The molecule has 3 heterocycles. The number of H-pyrrole nitrogens is 1. The second-order valence-electron chi connectivity index (χ2n) is 6.29. The average Bonchev–Trinajstić information content (AvgIpc) is 3.05. The van der Waals surface area contributed by atoms with Crippen LogP contribution < -0.4 is 9.64 Å². The molecule has 25 heavy (non-hydrogen) atoms. The lowest BCUT2D eigenvalue weighted by atomic mass is 10.1. The van der Waals surface area contributed by atoms with Crippen LogP contribution in [-0.2, 0) is 0 Å². The van der Waals surface area contributed by atoms with Gasteiger partial charge in [0, 0.05) is 18.7 Å². The van der Waals surface area contributed by atoms with Gasteiger partial charge >= 0.3 is 0 Å². The van der Waals surface area contributed by atoms with E-state index in [1.54, 1.807) is 7.11 Å². The number of aryl methyl sites for hydroxylation is 1. The first-order valence-corrected chi connectivity index (χ1v) is 8.52. The molecule has 5 nitrogen and oxygen atoms in total. The Morgan fingerprint density at radius 3 is 2.60 bits per heavy atom. The van der Waals surface area contributed by atoms with Gasteiger partial charge in [-0.2, -0.15) is 0 Å². The zero-order chi connectivity index (χ0) is 16.5. The minimum absolute atomic E-state index is 0. The Morgan fingerprint density at radius 1 is 1.08 bits per heavy atom. The summed E-state index contributed by atoms with van der Waals surface area (Å²) in [5, 5.41) is 0. The molecule has 2 aromatic heterocycles. The number of benzene rings is 1. The number of nitrogens with zero attached hydrogens (tertiary/aromatic N) is 3. The monoisotopic (exact) mass is 358 g/mol. The van der Waals surface area contributed by atoms with Crippen LogP contribution >= 0.6 is 12.4 Å². The number of halogens is 1. The quantitative estimate of drug-likeness (QED) is 0.756. The largest absolute Gasteiger partial charge is 0.496 e. The van der Waals surface area contributed by atoms with Crippen LogP contribution in [0.4, 0.5) is 5.82 Å². The summed E-state index contributed by atoms with van der Waals surface area (Å²) in [5.74, 6) is 2.69. The van der Waals surface area contributed by atoms with Gasteiger partial charge in [-0.05, 0) is 44.4 Å². The highest BCUT2D eigenvalue weighted by Gasteiger charge is 2.19. The van der Waals surface area contributed by atoms with E-state index in [1.165, 1.54) is 19.3 Å². The lowest BCUT2D eigenvalue weighted by molar-refractivity contribution is 0.416. The van der Waals surface area contributed by atoms with Crippen molar-refractivity contribution in [1.29, 1.82) is 0 Å². The van der Waals surface area contributed by atoms with Crippen molar-refractivity contribution in [2.45, 2.75) is 26.2 Å². The van der Waals surface area contributed by atoms with Crippen molar-refractivity contribution in [3.05, 3.63) is 36.2 Å². The van der Waals surface area contributed by atoms with Crippen molar-refractivity contribution < 1.29 is 4.74 Å². The first kappa shape index (κ1) is 17.5. The summed E-state index contributed by atoms with van der Waals surface area (Å²) >= 11 is 0. The molecular weight excluding hydrogens is 336 g/mol. The minimum atomic E-state index is 0. The van der Waals surface area contributed by atoms with E-state index in [0.717, 1.165) is 52.8 Å². The predicted octanol–water partition coefficient (Wildman–Crippen LogP) is 4.35. The number of hydrogen-bond acceptors (Lipinski definition) is 4. The summed E-state index contributed by atoms with van der Waals surface area (Å²) in [6.07, 6.45) is 3.76. The SMILES string of the molecule is COc1ccccc1-c1cc2nc(C)nc(N3CCCCC3)c2[nH]1.Cl. The first-order valence-electron chi connectivity index (χ1n) is 8.52. The molecule has 0 bridgehead atoms. The van der Waals surface area contributed by atoms with Gasteiger partial charge in [0.1, 0.15) is 17.1 Å². The molecule has 0 unspecified atom stereocenters. The van der Waals surface area contributed by atoms with E-state index >= 15 is 0 Å². The summed E-state index contributed by atoms with van der Waals surface area (Å²) in [6.45, 7) is 4.09. The topological polar surface area (TPSA) is 54.0 Å². The van der Waals surface area contributed by atoms with E-state index in [2.05, 4.69) is 27.0 Å². The molecule has 1 aromatic carbocycles. The Morgan fingerprint density at radius 2 is 1.84 bits per heavy atom. The van der Waals surface area contributed by atoms with Crippen LogP contribution in [-0.4, -0.2) is 35.2 Å². The van der Waals surface area contributed by atoms with Gasteiger partial charge < -0.3 is 14.6 Å². The molecule has 6 heteroatoms. The number of rotatable bonds is 3. The van der Waals surface area contributed by atoms with Gasteiger partial charge in [-0.15, -0.1) is 12.4 Å². The van der Waals surface area contributed by atoms with E-state index in [0.29, 0.717) is 0 Å². The van der Waals surface area contributed by atoms with E-state index in [9.17, 15) is 0 Å². The molecule has 0 radical (unpaired) electrons. The maximum Gasteiger partial charge on any atom is 0.156 e. The molecule has 0 amide bonds. The molecule has 1 saturated heterocycles. The molecule has 1 N–H and O–H groups in total. The number of anilines is 1. The van der Waals surface area contributed by atoms with Crippen molar-refractivity contribution in [1.82, 2.24) is 15.0 Å². The number of ether oxygens (including phenoxy) is 1. The molecule has 0 spiro atoms. The Kier molecular flexibility index (Phi) is 5.13. The molecule has 3 aromatic rings. The van der Waals surface area contributed by atoms with Crippen molar-refractivity contribution >= 4 is 29.3 Å². The van der Waals surface area contributed by atoms with Crippen LogP contribution in [0.1, 0.15) is 25.1 Å². The van der Waals surface area contributed by atoms with Gasteiger partial charge in [0.2, 0.25) is 0 Å². The lowest BCUT2D eigenvalue weighted by Gasteiger charge is -2.28. The summed E-state index contributed by atoms with van der Waals surface area (Å²) in [7, 11) is 1.70. The number of aromatic amines is 1. The van der Waals surface area contributed by atoms with Gasteiger partial charge in [-0.25, -0.2) is 9.97 Å². The Hall–Kier alpha value is -2.27. The minimum Gasteiger partial charge on any atom is -0.496 e. The Labute approximate surface area is 153 Å². The van der Waals surface area contributed by atoms with Crippen molar-refractivity contribution in [3.63, 3.8) is 0 Å². The van der Waals surface area contributed by atoms with E-state index in [1.807, 2.05) is 25.1 Å². The van der Waals surface area contributed by atoms with Crippen molar-refractivity contribution in [2.75, 3.05) is 25.1 Å². The normalized spacial score (nSPS) is 14.4. The Bertz CT molecular complexity index is 871. The summed E-state index contributed by atoms with van der Waals surface area (Å²) in [4.78, 5) is 15.3. The average molecular weight is 359 g/mol. The van der Waals surface area contributed by atoms with Crippen LogP contribution in [0.25, 0.3) is 22.3 Å². The third kappa shape index (κ3) is 3.29. The molecule has 1 aliphatic rings. The molecule has 0 aliphatic carbocycles. The number of methoxy groups -OCH3 is 1. The van der Waals surface area contributed by atoms with Crippen LogP contribution in [0.15, 0.2) is 30.3 Å². The number of nitrogens with one attached hydrogen (secondary N) is 1. The van der Waals surface area contributed by atoms with Crippen LogP contribution in [0.2, 0.25) is 0 Å². The van der Waals surface area contributed by atoms with E-state index in [4.69, 9.17) is 9.72 Å². The second-order valence-corrected chi connectivity index (χ2v) is 6.29. The zero-order valence-corrected chi connectivity index (χ0v) is 15.4. The molecule has 0 atom stereocenters. The van der Waals surface area contributed by atoms with Gasteiger partial charge in [-0.1, -0.05) is 12.1 Å². The molecule has 1 fully saturated rings. The molecule has 1 aliphatic heterocycles. The van der Waals surface area contributed by atoms with Crippen molar-refractivity contribution in [3.8, 4) is 17.0 Å². The van der Waals surface area contributed by atoms with Gasteiger partial charge in [0.25, 0.3) is 0 Å². The highest BCUT2D eigenvalue weighted by atomic mass is 35.5. The number of hydrogen-bond donors (Lipinski definition) is 1. The lowest BCUT2D eigenvalue weighted by Crippen LogP contribution is -2.30. The van der Waals surface area contributed by atoms with E-state index in [-0.39, 0.29) is 12.4 Å². The predicted molar refractivity (Wildman–Crippen MR) is 104 cm³/mol. The molecule has 4 rings (SSSR count). The summed E-state index contributed by atoms with van der Waals surface area (Å²) < 4.78 is 5.50. The molecule has 132 valence electrons. The molecule has 0 saturated carbocycles. The highest BCUT2D eigenvalue weighted by molar-refractivity contribution is 5.91. The number of piperidine rings is 1. The number of aromatic nitrogens is 3. The smallest absolute Gasteiger partial charge is 0.156 e. The van der Waals surface area contributed by atoms with Gasteiger partial charge in [-0.3, -0.25) is 0 Å². The summed E-state index contributed by atoms with van der Waals surface area (Å²) in [5.41, 5.74) is 4.04. The van der Waals surface area contributed by atoms with E-state index < -0.39 is 0 Å². The zero-order valence-electron chi connectivity index (χ0n) is 14.6. The maximum absolute atomic E-state index is 5.50. The van der Waals surface area contributed by atoms with Crippen LogP contribution in [0.3, 0.4) is 0 Å². The van der Waals surface area contributed by atoms with Crippen molar-refractivity contribution in [2.24, 2.45) is 0 Å². The van der Waals surface area contributed by atoms with Crippen LogP contribution in [0.5, 0.6) is 5.75 Å². The fraction of sp³-hybridized carbons (Fsp3) is 0.368. The fourth-order valence-corrected chi connectivity index (χ4v) is 3.46. The summed E-state index contributed by atoms with van der Waals surface area (Å²) in [6, 6.07) is 10.1. The highest BCUT2D eigenvalue weighted by Crippen LogP contribution is 2.33. The number of fused-ring (bicyclic) bond motifs is 1. The second kappa shape index (κ2) is 7.31. The molecular formula is C19H23ClN4O. The third-order valence-electron chi connectivity index (χ3n) is 4.62.